The fraction of sp³-hybridized carbons (Fsp3) is 0.409. The van der Waals surface area contributed by atoms with Crippen molar-refractivity contribution in [2.45, 2.75) is 39.7 Å². The summed E-state index contributed by atoms with van der Waals surface area (Å²) in [6.45, 7) is 8.26. The number of aromatic hydroxyl groups is 1. The average Bonchev–Trinajstić information content (AvgIpc) is 2.62. The standard InChI is InChI=1S/C22H29NO3/c1-15(2)19(16-8-6-5-7-9-16)14-23-21(26)22(3,4)20(25)17-10-12-18(24)13-11-17/h5-13,15,19-20,24-25H,14H2,1-4H3,(H,23,26)/t19-,20-/m1/s1. The van der Waals surface area contributed by atoms with Crippen molar-refractivity contribution < 1.29 is 15.0 Å². The van der Waals surface area contributed by atoms with E-state index < -0.39 is 11.5 Å². The number of hydrogen-bond donors (Lipinski definition) is 3. The van der Waals surface area contributed by atoms with Gasteiger partial charge in [0.2, 0.25) is 5.91 Å². The van der Waals surface area contributed by atoms with Gasteiger partial charge in [-0.2, -0.15) is 0 Å². The van der Waals surface area contributed by atoms with E-state index in [9.17, 15) is 15.0 Å². The average molecular weight is 355 g/mol. The zero-order valence-electron chi connectivity index (χ0n) is 15.9. The quantitative estimate of drug-likeness (QED) is 0.703. The van der Waals surface area contributed by atoms with E-state index in [0.717, 1.165) is 0 Å². The van der Waals surface area contributed by atoms with Gasteiger partial charge in [-0.05, 0) is 43.0 Å². The van der Waals surface area contributed by atoms with Gasteiger partial charge in [0, 0.05) is 12.5 Å². The van der Waals surface area contributed by atoms with Gasteiger partial charge in [0.1, 0.15) is 5.75 Å². The largest absolute Gasteiger partial charge is 0.508 e. The van der Waals surface area contributed by atoms with E-state index in [-0.39, 0.29) is 17.6 Å². The van der Waals surface area contributed by atoms with E-state index in [2.05, 4.69) is 31.3 Å². The highest BCUT2D eigenvalue weighted by molar-refractivity contribution is 5.82. The summed E-state index contributed by atoms with van der Waals surface area (Å²) in [5.74, 6) is 0.523. The first-order chi connectivity index (χ1) is 12.2. The zero-order valence-corrected chi connectivity index (χ0v) is 15.9. The number of amides is 1. The van der Waals surface area contributed by atoms with Gasteiger partial charge in [0.25, 0.3) is 0 Å². The van der Waals surface area contributed by atoms with Gasteiger partial charge >= 0.3 is 0 Å². The number of carbonyl (C=O) groups is 1. The molecule has 0 spiro atoms. The summed E-state index contributed by atoms with van der Waals surface area (Å²) in [6, 6.07) is 16.4. The summed E-state index contributed by atoms with van der Waals surface area (Å²) in [6.07, 6.45) is -0.961. The summed E-state index contributed by atoms with van der Waals surface area (Å²) < 4.78 is 0. The van der Waals surface area contributed by atoms with Crippen LogP contribution in [0.2, 0.25) is 0 Å². The van der Waals surface area contributed by atoms with Gasteiger partial charge in [-0.1, -0.05) is 56.3 Å². The fourth-order valence-electron chi connectivity index (χ4n) is 3.07. The fourth-order valence-corrected chi connectivity index (χ4v) is 3.07. The smallest absolute Gasteiger partial charge is 0.228 e. The molecule has 0 bridgehead atoms. The predicted molar refractivity (Wildman–Crippen MR) is 104 cm³/mol. The number of aliphatic hydroxyl groups excluding tert-OH is 1. The van der Waals surface area contributed by atoms with Crippen LogP contribution in [0.15, 0.2) is 54.6 Å². The summed E-state index contributed by atoms with van der Waals surface area (Å²) in [5, 5.41) is 23.1. The number of nitrogens with one attached hydrogen (secondary N) is 1. The molecule has 0 aromatic heterocycles. The van der Waals surface area contributed by atoms with Crippen LogP contribution >= 0.6 is 0 Å². The molecule has 0 aliphatic carbocycles. The summed E-state index contributed by atoms with van der Waals surface area (Å²) >= 11 is 0. The molecule has 0 aliphatic rings. The Morgan fingerprint density at radius 3 is 2.12 bits per heavy atom. The Morgan fingerprint density at radius 1 is 1.00 bits per heavy atom. The zero-order chi connectivity index (χ0) is 19.3. The van der Waals surface area contributed by atoms with Crippen LogP contribution in [0.3, 0.4) is 0 Å². The van der Waals surface area contributed by atoms with Crippen LogP contribution < -0.4 is 5.32 Å². The van der Waals surface area contributed by atoms with E-state index in [1.165, 1.54) is 17.7 Å². The number of phenols is 1. The number of phenolic OH excluding ortho intramolecular Hbond substituents is 1. The van der Waals surface area contributed by atoms with Gasteiger partial charge in [-0.3, -0.25) is 4.79 Å². The minimum Gasteiger partial charge on any atom is -0.508 e. The van der Waals surface area contributed by atoms with Crippen molar-refractivity contribution in [2.75, 3.05) is 6.54 Å². The first kappa shape index (κ1) is 20.0. The van der Waals surface area contributed by atoms with Crippen LogP contribution in [-0.4, -0.2) is 22.7 Å². The second-order valence-electron chi connectivity index (χ2n) is 7.69. The lowest BCUT2D eigenvalue weighted by Crippen LogP contribution is -2.43. The number of hydrogen-bond acceptors (Lipinski definition) is 3. The number of rotatable bonds is 7. The van der Waals surface area contributed by atoms with Crippen LogP contribution in [0.5, 0.6) is 5.75 Å². The molecular weight excluding hydrogens is 326 g/mol. The van der Waals surface area contributed by atoms with Gasteiger partial charge in [0.05, 0.1) is 11.5 Å². The van der Waals surface area contributed by atoms with Crippen molar-refractivity contribution in [2.24, 2.45) is 11.3 Å². The third-order valence-electron chi connectivity index (χ3n) is 4.99. The molecule has 0 fully saturated rings. The number of carbonyl (C=O) groups excluding carboxylic acids is 1. The maximum Gasteiger partial charge on any atom is 0.228 e. The maximum atomic E-state index is 12.8. The first-order valence-corrected chi connectivity index (χ1v) is 9.03. The molecule has 4 heteroatoms. The Balaban J connectivity index is 2.08. The lowest BCUT2D eigenvalue weighted by molar-refractivity contribution is -0.135. The van der Waals surface area contributed by atoms with E-state index in [0.29, 0.717) is 18.0 Å². The van der Waals surface area contributed by atoms with E-state index >= 15 is 0 Å². The van der Waals surface area contributed by atoms with Gasteiger partial charge in [0.15, 0.2) is 0 Å². The SMILES string of the molecule is CC(C)[C@@H](CNC(=O)C(C)(C)[C@H](O)c1ccc(O)cc1)c1ccccc1. The molecule has 0 unspecified atom stereocenters. The molecule has 0 saturated heterocycles. The van der Waals surface area contributed by atoms with Crippen molar-refractivity contribution in [3.63, 3.8) is 0 Å². The molecule has 1 amide bonds. The van der Waals surface area contributed by atoms with Crippen molar-refractivity contribution in [3.05, 3.63) is 65.7 Å². The highest BCUT2D eigenvalue weighted by Crippen LogP contribution is 2.34. The molecule has 0 radical (unpaired) electrons. The number of benzene rings is 2. The van der Waals surface area contributed by atoms with E-state index in [4.69, 9.17) is 0 Å². The van der Waals surface area contributed by atoms with Crippen molar-refractivity contribution in [1.82, 2.24) is 5.32 Å². The van der Waals surface area contributed by atoms with Crippen LogP contribution in [0.1, 0.15) is 50.8 Å². The minimum atomic E-state index is -0.991. The van der Waals surface area contributed by atoms with Crippen molar-refractivity contribution in [3.8, 4) is 5.75 Å². The molecular formula is C22H29NO3. The Morgan fingerprint density at radius 2 is 1.58 bits per heavy atom. The van der Waals surface area contributed by atoms with Crippen LogP contribution in [0.25, 0.3) is 0 Å². The summed E-state index contributed by atoms with van der Waals surface area (Å²) in [4.78, 5) is 12.8. The Kier molecular flexibility index (Phi) is 6.43. The minimum absolute atomic E-state index is 0.130. The topological polar surface area (TPSA) is 69.6 Å². The molecule has 2 aromatic rings. The lowest BCUT2D eigenvalue weighted by atomic mass is 9.81. The molecule has 3 N–H and O–H groups in total. The normalized spacial score (nSPS) is 14.1. The molecule has 140 valence electrons. The van der Waals surface area contributed by atoms with Crippen LogP contribution in [0.4, 0.5) is 0 Å². The van der Waals surface area contributed by atoms with Crippen molar-refractivity contribution in [1.29, 1.82) is 0 Å². The van der Waals surface area contributed by atoms with E-state index in [1.54, 1.807) is 26.0 Å². The Bertz CT molecular complexity index is 708. The third-order valence-corrected chi connectivity index (χ3v) is 4.99. The first-order valence-electron chi connectivity index (χ1n) is 9.03. The van der Waals surface area contributed by atoms with Gasteiger partial charge in [-0.25, -0.2) is 0 Å². The van der Waals surface area contributed by atoms with Crippen molar-refractivity contribution >= 4 is 5.91 Å². The van der Waals surface area contributed by atoms with Crippen LogP contribution in [-0.2, 0) is 4.79 Å². The Hall–Kier alpha value is -2.33. The molecule has 0 aliphatic heterocycles. The molecule has 2 aromatic carbocycles. The molecule has 4 nitrogen and oxygen atoms in total. The molecule has 2 rings (SSSR count). The number of aliphatic hydroxyl groups is 1. The predicted octanol–water partition coefficient (Wildman–Crippen LogP) is 4.01. The summed E-state index contributed by atoms with van der Waals surface area (Å²) in [7, 11) is 0. The van der Waals surface area contributed by atoms with Crippen LogP contribution in [0, 0.1) is 11.3 Å². The Labute approximate surface area is 155 Å². The lowest BCUT2D eigenvalue weighted by Gasteiger charge is -2.31. The maximum absolute atomic E-state index is 12.8. The highest BCUT2D eigenvalue weighted by atomic mass is 16.3. The molecule has 0 saturated carbocycles. The third kappa shape index (κ3) is 4.64. The monoisotopic (exact) mass is 355 g/mol. The van der Waals surface area contributed by atoms with Gasteiger partial charge in [-0.15, -0.1) is 0 Å². The molecule has 2 atom stereocenters. The summed E-state index contributed by atoms with van der Waals surface area (Å²) in [5.41, 5.74) is 0.806. The van der Waals surface area contributed by atoms with E-state index in [1.807, 2.05) is 18.2 Å². The molecule has 26 heavy (non-hydrogen) atoms. The highest BCUT2D eigenvalue weighted by Gasteiger charge is 2.37. The second-order valence-corrected chi connectivity index (χ2v) is 7.69. The second kappa shape index (κ2) is 8.37. The molecule has 0 heterocycles. The van der Waals surface area contributed by atoms with Gasteiger partial charge < -0.3 is 15.5 Å².